The molecule has 1 heterocycles. The van der Waals surface area contributed by atoms with E-state index in [0.717, 1.165) is 38.6 Å². The quantitative estimate of drug-likeness (QED) is 0.714. The lowest BCUT2D eigenvalue weighted by Crippen LogP contribution is -2.45. The van der Waals surface area contributed by atoms with E-state index in [2.05, 4.69) is 6.07 Å². The van der Waals surface area contributed by atoms with Gasteiger partial charge in [-0.2, -0.15) is 5.26 Å². The monoisotopic (exact) mass is 221 g/mol. The lowest BCUT2D eigenvalue weighted by atomic mass is 10.0. The highest BCUT2D eigenvalue weighted by Gasteiger charge is 2.31. The maximum atomic E-state index is 11.9. The summed E-state index contributed by atoms with van der Waals surface area (Å²) < 4.78 is 0. The van der Waals surface area contributed by atoms with Crippen LogP contribution in [-0.4, -0.2) is 47.9 Å². The number of piperidine rings is 1. The van der Waals surface area contributed by atoms with Crippen LogP contribution in [0.25, 0.3) is 0 Å². The maximum absolute atomic E-state index is 11.9. The number of nitrogens with zero attached hydrogens (tertiary/aromatic N) is 3. The van der Waals surface area contributed by atoms with Crippen LogP contribution in [0.1, 0.15) is 32.1 Å². The first kappa shape index (κ1) is 11.4. The summed E-state index contributed by atoms with van der Waals surface area (Å²) in [4.78, 5) is 15.8. The van der Waals surface area contributed by atoms with Crippen molar-refractivity contribution in [3.8, 4) is 6.07 Å². The molecule has 0 bridgehead atoms. The first-order valence-electron chi connectivity index (χ1n) is 6.11. The minimum Gasteiger partial charge on any atom is -0.342 e. The molecular formula is C12H19N3O. The zero-order valence-corrected chi connectivity index (χ0v) is 9.85. The molecule has 0 radical (unpaired) electrons. The van der Waals surface area contributed by atoms with Crippen molar-refractivity contribution in [3.05, 3.63) is 0 Å². The highest BCUT2D eigenvalue weighted by Crippen LogP contribution is 2.25. The van der Waals surface area contributed by atoms with Gasteiger partial charge in [0.25, 0.3) is 0 Å². The number of hydrogen-bond acceptors (Lipinski definition) is 3. The summed E-state index contributed by atoms with van der Waals surface area (Å²) in [6.45, 7) is 1.31. The van der Waals surface area contributed by atoms with Crippen LogP contribution < -0.4 is 0 Å². The molecule has 1 aliphatic carbocycles. The second-order valence-electron chi connectivity index (χ2n) is 4.85. The van der Waals surface area contributed by atoms with Crippen molar-refractivity contribution in [2.75, 3.05) is 20.1 Å². The Morgan fingerprint density at radius 2 is 2.19 bits per heavy atom. The fourth-order valence-electron chi connectivity index (χ4n) is 2.28. The molecule has 4 nitrogen and oxygen atoms in total. The number of amides is 1. The average Bonchev–Trinajstić information content (AvgIpc) is 3.12. The first-order valence-corrected chi connectivity index (χ1v) is 6.11. The number of hydrogen-bond donors (Lipinski definition) is 0. The molecule has 1 amide bonds. The van der Waals surface area contributed by atoms with E-state index in [9.17, 15) is 4.79 Å². The molecule has 0 spiro atoms. The lowest BCUT2D eigenvalue weighted by Gasteiger charge is -2.31. The molecule has 0 N–H and O–H groups in total. The molecular weight excluding hydrogens is 202 g/mol. The van der Waals surface area contributed by atoms with E-state index >= 15 is 0 Å². The predicted octanol–water partition coefficient (Wildman–Crippen LogP) is 0.985. The van der Waals surface area contributed by atoms with Crippen molar-refractivity contribution in [1.29, 1.82) is 5.26 Å². The molecule has 16 heavy (non-hydrogen) atoms. The molecule has 1 saturated carbocycles. The summed E-state index contributed by atoms with van der Waals surface area (Å²) in [5, 5.41) is 9.02. The van der Waals surface area contributed by atoms with Gasteiger partial charge >= 0.3 is 0 Å². The zero-order valence-electron chi connectivity index (χ0n) is 9.85. The Labute approximate surface area is 96.8 Å². The van der Waals surface area contributed by atoms with Gasteiger partial charge in [0.2, 0.25) is 5.91 Å². The average molecular weight is 221 g/mol. The molecule has 2 rings (SSSR count). The van der Waals surface area contributed by atoms with Crippen LogP contribution in [0.15, 0.2) is 0 Å². The van der Waals surface area contributed by atoms with Gasteiger partial charge in [0, 0.05) is 13.1 Å². The highest BCUT2D eigenvalue weighted by molar-refractivity contribution is 5.78. The minimum atomic E-state index is -0.0506. The molecule has 1 saturated heterocycles. The van der Waals surface area contributed by atoms with Crippen molar-refractivity contribution in [1.82, 2.24) is 9.80 Å². The molecule has 1 atom stereocenters. The van der Waals surface area contributed by atoms with Crippen molar-refractivity contribution < 1.29 is 4.79 Å². The molecule has 1 unspecified atom stereocenters. The van der Waals surface area contributed by atoms with Crippen LogP contribution in [0, 0.1) is 11.3 Å². The van der Waals surface area contributed by atoms with Crippen LogP contribution in [0.2, 0.25) is 0 Å². The number of nitriles is 1. The summed E-state index contributed by atoms with van der Waals surface area (Å²) >= 11 is 0. The van der Waals surface area contributed by atoms with Crippen LogP contribution >= 0.6 is 0 Å². The van der Waals surface area contributed by atoms with Crippen molar-refractivity contribution in [2.24, 2.45) is 0 Å². The van der Waals surface area contributed by atoms with E-state index in [1.165, 1.54) is 0 Å². The van der Waals surface area contributed by atoms with Crippen molar-refractivity contribution in [3.63, 3.8) is 0 Å². The van der Waals surface area contributed by atoms with Gasteiger partial charge in [-0.05, 0) is 38.6 Å². The van der Waals surface area contributed by atoms with Gasteiger partial charge in [-0.1, -0.05) is 0 Å². The van der Waals surface area contributed by atoms with Gasteiger partial charge in [0.15, 0.2) is 0 Å². The van der Waals surface area contributed by atoms with E-state index in [4.69, 9.17) is 5.26 Å². The summed E-state index contributed by atoms with van der Waals surface area (Å²) in [5.74, 6) is 0.171. The molecule has 2 aliphatic rings. The second kappa shape index (κ2) is 4.84. The second-order valence-corrected chi connectivity index (χ2v) is 4.85. The van der Waals surface area contributed by atoms with Crippen molar-refractivity contribution >= 4 is 5.91 Å². The SMILES string of the molecule is CN(C(=O)CN1CCCCC1C#N)C1CC1. The number of likely N-dealkylation sites (tertiary alicyclic amines) is 1. The third-order valence-corrected chi connectivity index (χ3v) is 3.59. The van der Waals surface area contributed by atoms with Gasteiger partial charge in [0.1, 0.15) is 0 Å². The van der Waals surface area contributed by atoms with E-state index in [1.807, 2.05) is 16.8 Å². The Bertz CT molecular complexity index is 306. The van der Waals surface area contributed by atoms with E-state index < -0.39 is 0 Å². The topological polar surface area (TPSA) is 47.3 Å². The Morgan fingerprint density at radius 3 is 2.81 bits per heavy atom. The van der Waals surface area contributed by atoms with Gasteiger partial charge in [-0.15, -0.1) is 0 Å². The van der Waals surface area contributed by atoms with E-state index in [1.54, 1.807) is 0 Å². The molecule has 0 aromatic heterocycles. The summed E-state index contributed by atoms with van der Waals surface area (Å²) in [6, 6.07) is 2.72. The number of rotatable bonds is 3. The molecule has 4 heteroatoms. The van der Waals surface area contributed by atoms with Gasteiger partial charge < -0.3 is 4.90 Å². The highest BCUT2D eigenvalue weighted by atomic mass is 16.2. The van der Waals surface area contributed by atoms with Crippen LogP contribution in [0.4, 0.5) is 0 Å². The standard InChI is InChI=1S/C12H19N3O/c1-14(10-5-6-10)12(16)9-15-7-3-2-4-11(15)8-13/h10-11H,2-7,9H2,1H3. The predicted molar refractivity (Wildman–Crippen MR) is 60.6 cm³/mol. The number of likely N-dealkylation sites (N-methyl/N-ethyl adjacent to an activating group) is 1. The van der Waals surface area contributed by atoms with E-state index in [-0.39, 0.29) is 11.9 Å². The lowest BCUT2D eigenvalue weighted by molar-refractivity contribution is -0.132. The fourth-order valence-corrected chi connectivity index (χ4v) is 2.28. The summed E-state index contributed by atoms with van der Waals surface area (Å²) in [5.41, 5.74) is 0. The largest absolute Gasteiger partial charge is 0.342 e. The van der Waals surface area contributed by atoms with Gasteiger partial charge in [0.05, 0.1) is 18.7 Å². The molecule has 88 valence electrons. The minimum absolute atomic E-state index is 0.0506. The third-order valence-electron chi connectivity index (χ3n) is 3.59. The Kier molecular flexibility index (Phi) is 3.45. The van der Waals surface area contributed by atoms with Gasteiger partial charge in [-0.3, -0.25) is 9.69 Å². The summed E-state index contributed by atoms with van der Waals surface area (Å²) in [7, 11) is 1.88. The maximum Gasteiger partial charge on any atom is 0.236 e. The first-order chi connectivity index (χ1) is 7.72. The summed E-state index contributed by atoms with van der Waals surface area (Å²) in [6.07, 6.45) is 5.42. The van der Waals surface area contributed by atoms with Crippen LogP contribution in [0.5, 0.6) is 0 Å². The van der Waals surface area contributed by atoms with Crippen LogP contribution in [-0.2, 0) is 4.79 Å². The normalized spacial score (nSPS) is 26.1. The molecule has 0 aromatic rings. The van der Waals surface area contributed by atoms with E-state index in [0.29, 0.717) is 12.6 Å². The Morgan fingerprint density at radius 1 is 1.44 bits per heavy atom. The molecule has 0 aromatic carbocycles. The van der Waals surface area contributed by atoms with Crippen LogP contribution in [0.3, 0.4) is 0 Å². The Hall–Kier alpha value is -1.08. The number of carbonyl (C=O) groups is 1. The molecule has 2 fully saturated rings. The Balaban J connectivity index is 1.87. The zero-order chi connectivity index (χ0) is 11.5. The van der Waals surface area contributed by atoms with Crippen molar-refractivity contribution in [2.45, 2.75) is 44.2 Å². The fraction of sp³-hybridized carbons (Fsp3) is 0.833. The molecule has 1 aliphatic heterocycles. The number of carbonyl (C=O) groups excluding carboxylic acids is 1. The smallest absolute Gasteiger partial charge is 0.236 e. The third kappa shape index (κ3) is 2.53. The van der Waals surface area contributed by atoms with Gasteiger partial charge in [-0.25, -0.2) is 0 Å².